The van der Waals surface area contributed by atoms with Crippen LogP contribution in [0.5, 0.6) is 0 Å². The first-order chi connectivity index (χ1) is 12.4. The van der Waals surface area contributed by atoms with E-state index in [-0.39, 0.29) is 0 Å². The second-order valence-electron chi connectivity index (χ2n) is 6.92. The van der Waals surface area contributed by atoms with Gasteiger partial charge in [0.1, 0.15) is 5.60 Å². The van der Waals surface area contributed by atoms with Crippen LogP contribution >= 0.6 is 0 Å². The van der Waals surface area contributed by atoms with Crippen molar-refractivity contribution in [1.29, 1.82) is 0 Å². The van der Waals surface area contributed by atoms with Crippen LogP contribution in [0.25, 0.3) is 10.8 Å². The number of alkyl carbamates (subject to hydrolysis) is 1. The van der Waals surface area contributed by atoms with E-state index in [1.165, 1.54) is 16.3 Å². The fraction of sp³-hybridized carbons (Fsp3) is 0.400. The Kier molecular flexibility index (Phi) is 6.83. The van der Waals surface area contributed by atoms with Gasteiger partial charge >= 0.3 is 6.09 Å². The molecule has 2 rings (SSSR count). The summed E-state index contributed by atoms with van der Waals surface area (Å²) in [5.74, 6) is 0.684. The molecule has 26 heavy (non-hydrogen) atoms. The molecule has 0 aliphatic rings. The highest BCUT2D eigenvalue weighted by Gasteiger charge is 2.15. The quantitative estimate of drug-likeness (QED) is 0.437. The van der Waals surface area contributed by atoms with E-state index in [4.69, 9.17) is 4.74 Å². The van der Waals surface area contributed by atoms with E-state index in [1.807, 2.05) is 32.9 Å². The summed E-state index contributed by atoms with van der Waals surface area (Å²) in [7, 11) is 1.72. The fourth-order valence-corrected chi connectivity index (χ4v) is 2.51. The molecule has 0 atom stereocenters. The molecule has 0 saturated carbocycles. The third kappa shape index (κ3) is 6.27. The summed E-state index contributed by atoms with van der Waals surface area (Å²) >= 11 is 0. The number of amides is 1. The van der Waals surface area contributed by atoms with E-state index in [9.17, 15) is 4.79 Å². The Morgan fingerprint density at radius 2 is 1.69 bits per heavy atom. The highest BCUT2D eigenvalue weighted by atomic mass is 16.6. The van der Waals surface area contributed by atoms with Crippen LogP contribution in [0.1, 0.15) is 26.3 Å². The Morgan fingerprint density at radius 1 is 1.00 bits per heavy atom. The molecule has 3 N–H and O–H groups in total. The molecule has 0 aliphatic heterocycles. The molecular weight excluding hydrogens is 328 g/mol. The van der Waals surface area contributed by atoms with Crippen LogP contribution in [0, 0.1) is 0 Å². The Labute approximate surface area is 155 Å². The van der Waals surface area contributed by atoms with Crippen molar-refractivity contribution >= 4 is 22.8 Å². The van der Waals surface area contributed by atoms with E-state index in [1.54, 1.807) is 7.05 Å². The van der Waals surface area contributed by atoms with Gasteiger partial charge in [0.05, 0.1) is 0 Å². The van der Waals surface area contributed by atoms with Crippen molar-refractivity contribution in [3.05, 3.63) is 48.0 Å². The summed E-state index contributed by atoms with van der Waals surface area (Å²) in [5, 5.41) is 11.6. The van der Waals surface area contributed by atoms with Crippen molar-refractivity contribution in [2.75, 3.05) is 20.1 Å². The number of hydrogen-bond acceptors (Lipinski definition) is 3. The van der Waals surface area contributed by atoms with Gasteiger partial charge in [-0.25, -0.2) is 4.79 Å². The summed E-state index contributed by atoms with van der Waals surface area (Å²) in [6.45, 7) is 7.18. The third-order valence-corrected chi connectivity index (χ3v) is 3.64. The van der Waals surface area contributed by atoms with E-state index >= 15 is 0 Å². The minimum Gasteiger partial charge on any atom is -0.444 e. The highest BCUT2D eigenvalue weighted by Crippen LogP contribution is 2.18. The number of carbonyl (C=O) groups is 1. The predicted octanol–water partition coefficient (Wildman–Crippen LogP) is 3.03. The molecule has 1 amide bonds. The van der Waals surface area contributed by atoms with Crippen LogP contribution < -0.4 is 16.0 Å². The molecule has 0 heterocycles. The largest absolute Gasteiger partial charge is 0.444 e. The highest BCUT2D eigenvalue weighted by molar-refractivity contribution is 5.86. The Morgan fingerprint density at radius 3 is 2.42 bits per heavy atom. The summed E-state index contributed by atoms with van der Waals surface area (Å²) in [6.07, 6.45) is -0.419. The second-order valence-corrected chi connectivity index (χ2v) is 6.92. The van der Waals surface area contributed by atoms with Gasteiger partial charge < -0.3 is 20.7 Å². The number of hydrogen-bond donors (Lipinski definition) is 3. The molecule has 6 nitrogen and oxygen atoms in total. The van der Waals surface area contributed by atoms with Crippen molar-refractivity contribution < 1.29 is 9.53 Å². The average Bonchev–Trinajstić information content (AvgIpc) is 2.59. The van der Waals surface area contributed by atoms with Crippen LogP contribution in [0.4, 0.5) is 4.79 Å². The van der Waals surface area contributed by atoms with Crippen molar-refractivity contribution in [3.63, 3.8) is 0 Å². The lowest BCUT2D eigenvalue weighted by Crippen LogP contribution is -2.42. The van der Waals surface area contributed by atoms with Gasteiger partial charge in [-0.1, -0.05) is 42.5 Å². The number of ether oxygens (including phenoxy) is 1. The smallest absolute Gasteiger partial charge is 0.407 e. The minimum atomic E-state index is -0.492. The van der Waals surface area contributed by atoms with Gasteiger partial charge in [-0.05, 0) is 37.1 Å². The van der Waals surface area contributed by atoms with Gasteiger partial charge in [0.25, 0.3) is 0 Å². The zero-order chi connectivity index (χ0) is 19.0. The first-order valence-corrected chi connectivity index (χ1v) is 8.77. The van der Waals surface area contributed by atoms with Crippen molar-refractivity contribution in [2.24, 2.45) is 4.99 Å². The maximum atomic E-state index is 11.6. The van der Waals surface area contributed by atoms with Crippen LogP contribution in [0.2, 0.25) is 0 Å². The van der Waals surface area contributed by atoms with Gasteiger partial charge in [0.15, 0.2) is 5.96 Å². The molecule has 0 radical (unpaired) electrons. The number of rotatable bonds is 5. The number of carbonyl (C=O) groups excluding carboxylic acids is 1. The number of fused-ring (bicyclic) bond motifs is 1. The Hall–Kier alpha value is -2.76. The zero-order valence-electron chi connectivity index (χ0n) is 15.9. The number of benzene rings is 2. The van der Waals surface area contributed by atoms with Gasteiger partial charge in [0, 0.05) is 26.7 Å². The van der Waals surface area contributed by atoms with Crippen LogP contribution in [0.3, 0.4) is 0 Å². The average molecular weight is 356 g/mol. The molecule has 140 valence electrons. The minimum absolute atomic E-state index is 0.419. The van der Waals surface area contributed by atoms with Crippen LogP contribution in [0.15, 0.2) is 47.5 Å². The second kappa shape index (κ2) is 9.08. The van der Waals surface area contributed by atoms with Gasteiger partial charge in [-0.3, -0.25) is 4.99 Å². The zero-order valence-corrected chi connectivity index (χ0v) is 15.9. The molecule has 2 aromatic rings. The van der Waals surface area contributed by atoms with E-state index in [0.29, 0.717) is 25.6 Å². The summed E-state index contributed by atoms with van der Waals surface area (Å²) in [6, 6.07) is 14.6. The number of aliphatic imine (C=N–C) groups is 1. The molecule has 0 bridgehead atoms. The fourth-order valence-electron chi connectivity index (χ4n) is 2.51. The first-order valence-electron chi connectivity index (χ1n) is 8.77. The lowest BCUT2D eigenvalue weighted by molar-refractivity contribution is 0.0529. The van der Waals surface area contributed by atoms with E-state index < -0.39 is 11.7 Å². The van der Waals surface area contributed by atoms with E-state index in [2.05, 4.69) is 51.3 Å². The molecule has 0 saturated heterocycles. The number of nitrogens with zero attached hydrogens (tertiary/aromatic N) is 1. The number of guanidine groups is 1. The first kappa shape index (κ1) is 19.6. The summed E-state index contributed by atoms with van der Waals surface area (Å²) in [4.78, 5) is 15.8. The molecule has 0 aromatic heterocycles. The van der Waals surface area contributed by atoms with Gasteiger partial charge in [-0.2, -0.15) is 0 Å². The van der Waals surface area contributed by atoms with Crippen molar-refractivity contribution in [3.8, 4) is 0 Å². The Balaban J connectivity index is 1.78. The lowest BCUT2D eigenvalue weighted by Gasteiger charge is -2.20. The SMILES string of the molecule is CN=C(NCCNC(=O)OC(C)(C)C)NCc1cccc2ccccc12. The molecule has 0 aliphatic carbocycles. The van der Waals surface area contributed by atoms with Gasteiger partial charge in [-0.15, -0.1) is 0 Å². The molecule has 0 spiro atoms. The predicted molar refractivity (Wildman–Crippen MR) is 106 cm³/mol. The van der Waals surface area contributed by atoms with Crippen LogP contribution in [-0.4, -0.2) is 37.8 Å². The summed E-state index contributed by atoms with van der Waals surface area (Å²) < 4.78 is 5.19. The van der Waals surface area contributed by atoms with Crippen LogP contribution in [-0.2, 0) is 11.3 Å². The molecule has 0 unspecified atom stereocenters. The number of nitrogens with one attached hydrogen (secondary N) is 3. The maximum Gasteiger partial charge on any atom is 0.407 e. The molecule has 6 heteroatoms. The monoisotopic (exact) mass is 356 g/mol. The van der Waals surface area contributed by atoms with Crippen molar-refractivity contribution in [1.82, 2.24) is 16.0 Å². The molecular formula is C20H28N4O2. The molecule has 2 aromatic carbocycles. The summed E-state index contributed by atoms with van der Waals surface area (Å²) in [5.41, 5.74) is 0.714. The normalized spacial score (nSPS) is 11.9. The van der Waals surface area contributed by atoms with Gasteiger partial charge in [0.2, 0.25) is 0 Å². The topological polar surface area (TPSA) is 74.8 Å². The third-order valence-electron chi connectivity index (χ3n) is 3.64. The van der Waals surface area contributed by atoms with Crippen molar-refractivity contribution in [2.45, 2.75) is 32.9 Å². The standard InChI is InChI=1S/C20H28N4O2/c1-20(2,3)26-19(25)23-13-12-22-18(21-4)24-14-16-10-7-9-15-8-5-6-11-17(15)16/h5-11H,12-14H2,1-4H3,(H,23,25)(H2,21,22,24). The maximum absolute atomic E-state index is 11.6. The molecule has 0 fully saturated rings. The van der Waals surface area contributed by atoms with E-state index in [0.717, 1.165) is 0 Å². The lowest BCUT2D eigenvalue weighted by atomic mass is 10.0. The Bertz CT molecular complexity index is 760.